The normalized spacial score (nSPS) is 35.1. The molecule has 5 nitrogen and oxygen atoms in total. The molecule has 0 bridgehead atoms. The van der Waals surface area contributed by atoms with E-state index in [0.717, 1.165) is 19.3 Å². The first-order valence-electron chi connectivity index (χ1n) is 9.02. The summed E-state index contributed by atoms with van der Waals surface area (Å²) in [5.41, 5.74) is 12.0. The maximum atomic E-state index is 10.7. The van der Waals surface area contributed by atoms with Gasteiger partial charge in [0.25, 0.3) is 0 Å². The van der Waals surface area contributed by atoms with E-state index in [1.54, 1.807) is 6.21 Å². The number of benzene rings is 1. The topological polar surface area (TPSA) is 97.0 Å². The van der Waals surface area contributed by atoms with Gasteiger partial charge in [-0.1, -0.05) is 43.3 Å². The van der Waals surface area contributed by atoms with Gasteiger partial charge in [0, 0.05) is 6.21 Å². The molecule has 2 fully saturated rings. The lowest BCUT2D eigenvalue weighted by molar-refractivity contribution is 0.0387. The van der Waals surface area contributed by atoms with Crippen LogP contribution in [0.25, 0.3) is 0 Å². The highest BCUT2D eigenvalue weighted by Gasteiger charge is 2.52. The monoisotopic (exact) mass is 340 g/mol. The summed E-state index contributed by atoms with van der Waals surface area (Å²) in [6, 6.07) is 10.7. The molecule has 1 aromatic rings. The lowest BCUT2D eigenvalue weighted by Crippen LogP contribution is -2.36. The highest BCUT2D eigenvalue weighted by atomic mass is 16.3. The van der Waals surface area contributed by atoms with Crippen molar-refractivity contribution >= 4 is 12.2 Å². The van der Waals surface area contributed by atoms with E-state index in [1.165, 1.54) is 12.0 Å². The number of aliphatic hydroxyl groups excluding tert-OH is 1. The van der Waals surface area contributed by atoms with Gasteiger partial charge in [-0.3, -0.25) is 0 Å². The van der Waals surface area contributed by atoms with E-state index in [0.29, 0.717) is 17.8 Å². The minimum atomic E-state index is -0.235. The van der Waals surface area contributed by atoms with Crippen LogP contribution in [0.5, 0.6) is 0 Å². The van der Waals surface area contributed by atoms with Crippen molar-refractivity contribution in [2.75, 3.05) is 0 Å². The van der Waals surface area contributed by atoms with E-state index in [1.807, 2.05) is 6.08 Å². The van der Waals surface area contributed by atoms with Crippen LogP contribution in [-0.4, -0.2) is 23.4 Å². The van der Waals surface area contributed by atoms with Crippen molar-refractivity contribution in [2.45, 2.75) is 44.6 Å². The molecule has 5 heteroatoms. The Morgan fingerprint density at radius 2 is 2.00 bits per heavy atom. The Balaban J connectivity index is 1.70. The molecule has 5 N–H and O–H groups in total. The fraction of sp³-hybridized carbons (Fsp3) is 0.500. The molecular formula is C20H28N4O. The predicted octanol–water partition coefficient (Wildman–Crippen LogP) is 2.77. The van der Waals surface area contributed by atoms with Gasteiger partial charge in [-0.05, 0) is 60.5 Å². The third kappa shape index (κ3) is 3.76. The van der Waals surface area contributed by atoms with Crippen LogP contribution in [0.1, 0.15) is 44.1 Å². The summed E-state index contributed by atoms with van der Waals surface area (Å²) < 4.78 is 0. The van der Waals surface area contributed by atoms with E-state index in [2.05, 4.69) is 53.5 Å². The van der Waals surface area contributed by atoms with E-state index < -0.39 is 0 Å². The minimum Gasteiger partial charge on any atom is -0.393 e. The molecule has 3 rings (SSSR count). The standard InChI is InChI=1S/C20H28N4O/c1-20-10-9-15(14-6-3-2-4-7-14)12-17(20)18(25)13-16(20)8-5-11-23-24-19(21)22/h2-8,11,15-18,25H,9-10,12-13H2,1H3,(H4,21,22,24)/b8-5+,23-11+/t15-,16-,17+,18?,20+/m0/s1. The van der Waals surface area contributed by atoms with E-state index in [4.69, 9.17) is 11.5 Å². The third-order valence-corrected chi connectivity index (χ3v) is 6.16. The number of allylic oxidation sites excluding steroid dienone is 2. The van der Waals surface area contributed by atoms with Gasteiger partial charge in [0.15, 0.2) is 0 Å². The molecule has 2 saturated carbocycles. The molecule has 0 aliphatic heterocycles. The molecule has 134 valence electrons. The average Bonchev–Trinajstić information content (AvgIpc) is 2.85. The van der Waals surface area contributed by atoms with E-state index >= 15 is 0 Å². The van der Waals surface area contributed by atoms with Gasteiger partial charge in [-0.2, -0.15) is 5.10 Å². The second-order valence-electron chi connectivity index (χ2n) is 7.58. The zero-order valence-corrected chi connectivity index (χ0v) is 14.8. The number of rotatable bonds is 4. The van der Waals surface area contributed by atoms with Gasteiger partial charge >= 0.3 is 0 Å². The van der Waals surface area contributed by atoms with Gasteiger partial charge in [0.2, 0.25) is 5.96 Å². The molecule has 1 aromatic carbocycles. The van der Waals surface area contributed by atoms with Gasteiger partial charge in [-0.15, -0.1) is 5.10 Å². The van der Waals surface area contributed by atoms with Crippen LogP contribution >= 0.6 is 0 Å². The number of nitrogens with zero attached hydrogens (tertiary/aromatic N) is 2. The summed E-state index contributed by atoms with van der Waals surface area (Å²) >= 11 is 0. The van der Waals surface area contributed by atoms with Crippen LogP contribution in [0, 0.1) is 17.3 Å². The molecule has 0 spiro atoms. The Morgan fingerprint density at radius 1 is 1.24 bits per heavy atom. The zero-order chi connectivity index (χ0) is 17.9. The Morgan fingerprint density at radius 3 is 2.72 bits per heavy atom. The van der Waals surface area contributed by atoms with Crippen molar-refractivity contribution in [3.05, 3.63) is 48.0 Å². The first-order chi connectivity index (χ1) is 12.0. The second-order valence-corrected chi connectivity index (χ2v) is 7.58. The predicted molar refractivity (Wildman–Crippen MR) is 102 cm³/mol. The average molecular weight is 340 g/mol. The van der Waals surface area contributed by atoms with Crippen LogP contribution in [0.2, 0.25) is 0 Å². The summed E-state index contributed by atoms with van der Waals surface area (Å²) in [7, 11) is 0. The SMILES string of the molecule is C[C@]12CC[C@H](c3ccccc3)C[C@@H]1C(O)C[C@@H]2/C=C/C=N/N=C(N)N. The van der Waals surface area contributed by atoms with Crippen molar-refractivity contribution in [3.8, 4) is 0 Å². The van der Waals surface area contributed by atoms with Gasteiger partial charge in [0.1, 0.15) is 0 Å². The highest BCUT2D eigenvalue weighted by molar-refractivity contribution is 5.77. The number of hydrogen-bond acceptors (Lipinski definition) is 3. The molecule has 0 aromatic heterocycles. The Kier molecular flexibility index (Phi) is 5.23. The molecule has 1 unspecified atom stereocenters. The molecule has 5 atom stereocenters. The molecule has 0 heterocycles. The van der Waals surface area contributed by atoms with Gasteiger partial charge in [-0.25, -0.2) is 0 Å². The first kappa shape index (κ1) is 17.7. The molecule has 0 amide bonds. The van der Waals surface area contributed by atoms with Crippen molar-refractivity contribution in [2.24, 2.45) is 38.9 Å². The van der Waals surface area contributed by atoms with Gasteiger partial charge < -0.3 is 16.6 Å². The van der Waals surface area contributed by atoms with Crippen molar-refractivity contribution in [1.82, 2.24) is 0 Å². The van der Waals surface area contributed by atoms with Crippen molar-refractivity contribution in [3.63, 3.8) is 0 Å². The van der Waals surface area contributed by atoms with Crippen LogP contribution in [0.4, 0.5) is 0 Å². The summed E-state index contributed by atoms with van der Waals surface area (Å²) in [4.78, 5) is 0. The van der Waals surface area contributed by atoms with Crippen LogP contribution in [-0.2, 0) is 0 Å². The number of nitrogens with two attached hydrogens (primary N) is 2. The molecular weight excluding hydrogens is 312 g/mol. The Hall–Kier alpha value is -2.14. The summed E-state index contributed by atoms with van der Waals surface area (Å²) in [6.07, 6.45) is 9.59. The molecule has 0 radical (unpaired) electrons. The third-order valence-electron chi connectivity index (χ3n) is 6.16. The number of aliphatic hydroxyl groups is 1. The van der Waals surface area contributed by atoms with E-state index in [-0.39, 0.29) is 17.5 Å². The lowest BCUT2D eigenvalue weighted by atomic mass is 9.61. The van der Waals surface area contributed by atoms with Crippen LogP contribution < -0.4 is 11.5 Å². The summed E-state index contributed by atoms with van der Waals surface area (Å²) in [5.74, 6) is 1.21. The zero-order valence-electron chi connectivity index (χ0n) is 14.8. The van der Waals surface area contributed by atoms with Crippen LogP contribution in [0.3, 0.4) is 0 Å². The lowest BCUT2D eigenvalue weighted by Gasteiger charge is -2.43. The Bertz CT molecular complexity index is 666. The molecule has 2 aliphatic carbocycles. The number of fused-ring (bicyclic) bond motifs is 1. The number of hydrogen-bond donors (Lipinski definition) is 3. The minimum absolute atomic E-state index is 0.0489. The largest absolute Gasteiger partial charge is 0.393 e. The maximum absolute atomic E-state index is 10.7. The Labute approximate surface area is 149 Å². The molecule has 25 heavy (non-hydrogen) atoms. The summed E-state index contributed by atoms with van der Waals surface area (Å²) in [5, 5.41) is 18.1. The summed E-state index contributed by atoms with van der Waals surface area (Å²) in [6.45, 7) is 2.33. The second kappa shape index (κ2) is 7.40. The smallest absolute Gasteiger partial charge is 0.211 e. The quantitative estimate of drug-likeness (QED) is 0.446. The fourth-order valence-electron chi connectivity index (χ4n) is 4.76. The van der Waals surface area contributed by atoms with Crippen molar-refractivity contribution < 1.29 is 5.11 Å². The highest BCUT2D eigenvalue weighted by Crippen LogP contribution is 2.58. The molecule has 2 aliphatic rings. The van der Waals surface area contributed by atoms with Gasteiger partial charge in [0.05, 0.1) is 6.10 Å². The first-order valence-corrected chi connectivity index (χ1v) is 9.02. The van der Waals surface area contributed by atoms with Crippen LogP contribution in [0.15, 0.2) is 52.7 Å². The van der Waals surface area contributed by atoms with E-state index in [9.17, 15) is 5.11 Å². The molecule has 0 saturated heterocycles. The number of guanidine groups is 1. The fourth-order valence-corrected chi connectivity index (χ4v) is 4.76. The maximum Gasteiger partial charge on any atom is 0.211 e. The van der Waals surface area contributed by atoms with Crippen molar-refractivity contribution in [1.29, 1.82) is 0 Å².